The second-order valence-electron chi connectivity index (χ2n) is 9.22. The number of amides is 1. The summed E-state index contributed by atoms with van der Waals surface area (Å²) in [5, 5.41) is 5.07. The van der Waals surface area contributed by atoms with E-state index in [4.69, 9.17) is 9.84 Å². The van der Waals surface area contributed by atoms with E-state index in [0.717, 1.165) is 55.1 Å². The predicted molar refractivity (Wildman–Crippen MR) is 119 cm³/mol. The Balaban J connectivity index is 1.61. The molecule has 3 aliphatic heterocycles. The number of anilines is 2. The minimum atomic E-state index is -2.58. The van der Waals surface area contributed by atoms with Gasteiger partial charge in [-0.1, -0.05) is 0 Å². The third-order valence-electron chi connectivity index (χ3n) is 7.10. The van der Waals surface area contributed by atoms with Crippen molar-refractivity contribution < 1.29 is 18.3 Å². The van der Waals surface area contributed by atoms with Crippen molar-refractivity contribution in [2.45, 2.75) is 51.6 Å². The smallest absolute Gasteiger partial charge is 0.409 e. The second kappa shape index (κ2) is 8.55. The van der Waals surface area contributed by atoms with Gasteiger partial charge in [-0.25, -0.2) is 13.6 Å². The quantitative estimate of drug-likeness (QED) is 0.697. The molecule has 2 aromatic rings. The Hall–Kier alpha value is -2.75. The molecular weight excluding hydrogens is 430 g/mol. The summed E-state index contributed by atoms with van der Waals surface area (Å²) in [4.78, 5) is 22.8. The van der Waals surface area contributed by atoms with Crippen molar-refractivity contribution in [3.8, 4) is 0 Å². The van der Waals surface area contributed by atoms with Gasteiger partial charge in [-0.05, 0) is 45.8 Å². The summed E-state index contributed by atoms with van der Waals surface area (Å²) in [6.45, 7) is 5.21. The van der Waals surface area contributed by atoms with Crippen LogP contribution in [0, 0.1) is 6.92 Å². The number of carbonyl (C=O) groups excluding carboxylic acids is 1. The number of likely N-dealkylation sites (N-methyl/N-ethyl adjacent to an activating group) is 1. The summed E-state index contributed by atoms with van der Waals surface area (Å²) in [7, 11) is 3.49. The van der Waals surface area contributed by atoms with Crippen molar-refractivity contribution in [3.05, 3.63) is 34.3 Å². The maximum atomic E-state index is 13.7. The van der Waals surface area contributed by atoms with Crippen LogP contribution >= 0.6 is 0 Å². The van der Waals surface area contributed by atoms with E-state index in [2.05, 4.69) is 21.6 Å². The first-order valence-corrected chi connectivity index (χ1v) is 11.5. The van der Waals surface area contributed by atoms with Gasteiger partial charge in [0.15, 0.2) is 5.82 Å². The van der Waals surface area contributed by atoms with Gasteiger partial charge in [-0.3, -0.25) is 9.67 Å². The number of hydrogen-bond donors (Lipinski definition) is 0. The number of halogens is 2. The van der Waals surface area contributed by atoms with Crippen LogP contribution < -0.4 is 4.90 Å². The topological polar surface area (TPSA) is 66.7 Å². The van der Waals surface area contributed by atoms with Crippen LogP contribution in [0.15, 0.2) is 6.07 Å². The van der Waals surface area contributed by atoms with E-state index >= 15 is 0 Å². The molecule has 5 heterocycles. The fourth-order valence-electron chi connectivity index (χ4n) is 5.39. The number of aromatic nitrogens is 3. The number of hydrogen-bond acceptors (Lipinski definition) is 6. The van der Waals surface area contributed by atoms with Gasteiger partial charge in [0.2, 0.25) is 0 Å². The molecule has 178 valence electrons. The lowest BCUT2D eigenvalue weighted by molar-refractivity contribution is 0.118. The average molecular weight is 461 g/mol. The molecule has 33 heavy (non-hydrogen) atoms. The van der Waals surface area contributed by atoms with E-state index in [9.17, 15) is 13.6 Å². The maximum Gasteiger partial charge on any atom is 0.409 e. The maximum absolute atomic E-state index is 13.7. The molecule has 1 unspecified atom stereocenters. The number of methoxy groups -OCH3 is 1. The molecule has 0 aromatic carbocycles. The SMILES string of the molecule is COC(=O)N1CCc2c(c(N3CCCc4nc(C)c(C(F)F)cc43)nn2C2CCN(C)C2)C1. The molecule has 0 N–H and O–H groups in total. The number of ether oxygens (including phenoxy) is 1. The van der Waals surface area contributed by atoms with Gasteiger partial charge in [0, 0.05) is 48.6 Å². The third-order valence-corrected chi connectivity index (χ3v) is 7.10. The van der Waals surface area contributed by atoms with Gasteiger partial charge in [0.05, 0.1) is 31.1 Å². The largest absolute Gasteiger partial charge is 0.453 e. The fraction of sp³-hybridized carbons (Fsp3) is 0.609. The van der Waals surface area contributed by atoms with Crippen molar-refractivity contribution in [1.29, 1.82) is 0 Å². The molecule has 0 bridgehead atoms. The number of fused-ring (bicyclic) bond motifs is 2. The minimum Gasteiger partial charge on any atom is -0.453 e. The molecule has 0 saturated carbocycles. The molecule has 0 radical (unpaired) electrons. The van der Waals surface area contributed by atoms with Crippen molar-refractivity contribution in [3.63, 3.8) is 0 Å². The number of carbonyl (C=O) groups is 1. The highest BCUT2D eigenvalue weighted by atomic mass is 19.3. The summed E-state index contributed by atoms with van der Waals surface area (Å²) in [6, 6.07) is 1.84. The number of aryl methyl sites for hydroxylation is 2. The standard InChI is InChI=1S/C23H30F2N6O2/c1-14-16(21(24)25)11-20-18(26-14)5-4-8-30(20)22-17-13-29(23(32)33-3)10-7-19(17)31(27-22)15-6-9-28(2)12-15/h11,15,21H,4-10,12-13H2,1-3H3. The van der Waals surface area contributed by atoms with Crippen LogP contribution in [-0.4, -0.2) is 71.0 Å². The summed E-state index contributed by atoms with van der Waals surface area (Å²) in [5.74, 6) is 0.750. The van der Waals surface area contributed by atoms with Crippen LogP contribution in [-0.2, 0) is 24.1 Å². The lowest BCUT2D eigenvalue weighted by atomic mass is 10.0. The van der Waals surface area contributed by atoms with Gasteiger partial charge in [-0.2, -0.15) is 5.10 Å². The molecular formula is C23H30F2N6O2. The summed E-state index contributed by atoms with van der Waals surface area (Å²) < 4.78 is 34.5. The number of pyridine rings is 1. The lowest BCUT2D eigenvalue weighted by Gasteiger charge is -2.32. The zero-order valence-corrected chi connectivity index (χ0v) is 19.4. The fourth-order valence-corrected chi connectivity index (χ4v) is 5.39. The van der Waals surface area contributed by atoms with Gasteiger partial charge in [-0.15, -0.1) is 0 Å². The third kappa shape index (κ3) is 3.84. The van der Waals surface area contributed by atoms with Gasteiger partial charge in [0.1, 0.15) is 0 Å². The molecule has 10 heteroatoms. The van der Waals surface area contributed by atoms with Crippen LogP contribution in [0.5, 0.6) is 0 Å². The van der Waals surface area contributed by atoms with Gasteiger partial charge in [0.25, 0.3) is 6.43 Å². The summed E-state index contributed by atoms with van der Waals surface area (Å²) in [5.41, 5.74) is 3.98. The van der Waals surface area contributed by atoms with Crippen LogP contribution in [0.25, 0.3) is 0 Å². The molecule has 5 rings (SSSR count). The van der Waals surface area contributed by atoms with E-state index in [-0.39, 0.29) is 17.7 Å². The first kappa shape index (κ1) is 22.1. The van der Waals surface area contributed by atoms with Gasteiger partial charge >= 0.3 is 6.09 Å². The molecule has 8 nitrogen and oxygen atoms in total. The monoisotopic (exact) mass is 460 g/mol. The zero-order valence-electron chi connectivity index (χ0n) is 19.4. The van der Waals surface area contributed by atoms with E-state index in [1.54, 1.807) is 17.9 Å². The predicted octanol–water partition coefficient (Wildman–Crippen LogP) is 3.61. The normalized spacial score (nSPS) is 20.8. The van der Waals surface area contributed by atoms with E-state index in [1.165, 1.54) is 7.11 Å². The van der Waals surface area contributed by atoms with Gasteiger partial charge < -0.3 is 19.4 Å². The van der Waals surface area contributed by atoms with E-state index in [0.29, 0.717) is 37.4 Å². The Morgan fingerprint density at radius 2 is 2.06 bits per heavy atom. The summed E-state index contributed by atoms with van der Waals surface area (Å²) in [6.07, 6.45) is 0.367. The molecule has 0 aliphatic carbocycles. The van der Waals surface area contributed by atoms with Crippen LogP contribution in [0.3, 0.4) is 0 Å². The average Bonchev–Trinajstić information content (AvgIpc) is 3.40. The summed E-state index contributed by atoms with van der Waals surface area (Å²) >= 11 is 0. The van der Waals surface area contributed by atoms with Crippen LogP contribution in [0.4, 0.5) is 25.1 Å². The number of nitrogens with zero attached hydrogens (tertiary/aromatic N) is 6. The number of likely N-dealkylation sites (tertiary alicyclic amines) is 1. The van der Waals surface area contributed by atoms with E-state index < -0.39 is 6.43 Å². The molecule has 0 spiro atoms. The van der Waals surface area contributed by atoms with E-state index in [1.807, 2.05) is 4.90 Å². The van der Waals surface area contributed by atoms with Crippen LogP contribution in [0.1, 0.15) is 53.5 Å². The highest BCUT2D eigenvalue weighted by Gasteiger charge is 2.35. The number of alkyl halides is 2. The highest BCUT2D eigenvalue weighted by molar-refractivity contribution is 5.71. The Kier molecular flexibility index (Phi) is 5.72. The Morgan fingerprint density at radius 3 is 2.76 bits per heavy atom. The minimum absolute atomic E-state index is 0.0393. The Bertz CT molecular complexity index is 1070. The molecule has 1 saturated heterocycles. The van der Waals surface area contributed by atoms with Crippen molar-refractivity contribution in [2.75, 3.05) is 45.2 Å². The first-order valence-electron chi connectivity index (χ1n) is 11.5. The first-order chi connectivity index (χ1) is 15.9. The molecule has 1 fully saturated rings. The second-order valence-corrected chi connectivity index (χ2v) is 9.22. The zero-order chi connectivity index (χ0) is 23.3. The number of rotatable bonds is 3. The molecule has 1 atom stereocenters. The van der Waals surface area contributed by atoms with Crippen molar-refractivity contribution >= 4 is 17.6 Å². The Labute approximate surface area is 192 Å². The highest BCUT2D eigenvalue weighted by Crippen LogP contribution is 2.40. The van der Waals surface area contributed by atoms with Crippen molar-refractivity contribution in [1.82, 2.24) is 24.6 Å². The van der Waals surface area contributed by atoms with Crippen LogP contribution in [0.2, 0.25) is 0 Å². The molecule has 1 amide bonds. The molecule has 3 aliphatic rings. The Morgan fingerprint density at radius 1 is 1.24 bits per heavy atom. The molecule has 2 aromatic heterocycles. The lowest BCUT2D eigenvalue weighted by Crippen LogP contribution is -2.37. The van der Waals surface area contributed by atoms with Crippen molar-refractivity contribution in [2.24, 2.45) is 0 Å².